The molecule has 4 N–H and O–H groups in total. The van der Waals surface area contributed by atoms with E-state index >= 15 is 0 Å². The van der Waals surface area contributed by atoms with E-state index in [2.05, 4.69) is 38.2 Å². The smallest absolute Gasteiger partial charge is 0.472 e. The van der Waals surface area contributed by atoms with Crippen LogP contribution in [-0.4, -0.2) is 60.5 Å². The van der Waals surface area contributed by atoms with Crippen molar-refractivity contribution >= 4 is 19.8 Å². The maximum atomic E-state index is 12.6. The molecule has 324 valence electrons. The Hall–Kier alpha value is -1.55. The second kappa shape index (κ2) is 40.6. The quantitative estimate of drug-likeness (QED) is 0.0235. The predicted molar refractivity (Wildman–Crippen MR) is 226 cm³/mol. The van der Waals surface area contributed by atoms with Crippen LogP contribution in [0.5, 0.6) is 0 Å². The molecule has 0 saturated heterocycles. The summed E-state index contributed by atoms with van der Waals surface area (Å²) in [5.41, 5.74) is 5.35. The van der Waals surface area contributed by atoms with Crippen LogP contribution in [0.25, 0.3) is 0 Å². The number of rotatable bonds is 43. The molecule has 0 heterocycles. The van der Waals surface area contributed by atoms with Crippen molar-refractivity contribution in [2.24, 2.45) is 5.73 Å². The third-order valence-corrected chi connectivity index (χ3v) is 10.7. The Kier molecular flexibility index (Phi) is 39.5. The summed E-state index contributed by atoms with van der Waals surface area (Å²) in [5.74, 6) is -1.78. The first kappa shape index (κ1) is 53.5. The Bertz CT molecular complexity index is 977. The van der Waals surface area contributed by atoms with Crippen molar-refractivity contribution in [3.63, 3.8) is 0 Å². The number of esters is 1. The minimum Gasteiger partial charge on any atom is -0.480 e. The summed E-state index contributed by atoms with van der Waals surface area (Å²) in [5, 5.41) is 8.89. The van der Waals surface area contributed by atoms with Gasteiger partial charge in [0.05, 0.1) is 19.8 Å². The first-order valence-electron chi connectivity index (χ1n) is 22.4. The number of nitrogens with two attached hydrogens (primary N) is 1. The van der Waals surface area contributed by atoms with E-state index in [9.17, 15) is 19.0 Å². The lowest BCUT2D eigenvalue weighted by atomic mass is 10.1. The Labute approximate surface area is 336 Å². The Balaban J connectivity index is 4.17. The van der Waals surface area contributed by atoms with E-state index in [4.69, 9.17) is 29.4 Å². The fraction of sp³-hybridized carbons (Fsp3) is 0.864. The molecule has 0 aromatic carbocycles. The number of hydrogen-bond donors (Lipinski definition) is 3. The van der Waals surface area contributed by atoms with Crippen molar-refractivity contribution in [3.05, 3.63) is 24.3 Å². The zero-order chi connectivity index (χ0) is 40.5. The molecule has 0 saturated carbocycles. The molecule has 0 rings (SSSR count). The summed E-state index contributed by atoms with van der Waals surface area (Å²) < 4.78 is 33.3. The van der Waals surface area contributed by atoms with Crippen LogP contribution in [0.3, 0.4) is 0 Å². The lowest BCUT2D eigenvalue weighted by Crippen LogP contribution is -2.34. The highest BCUT2D eigenvalue weighted by Gasteiger charge is 2.27. The van der Waals surface area contributed by atoms with Gasteiger partial charge in [-0.2, -0.15) is 0 Å². The summed E-state index contributed by atoms with van der Waals surface area (Å²) in [6.45, 7) is 3.88. The van der Waals surface area contributed by atoms with E-state index in [1.165, 1.54) is 128 Å². The Morgan fingerprint density at radius 3 is 1.47 bits per heavy atom. The Morgan fingerprint density at radius 2 is 1.00 bits per heavy atom. The lowest BCUT2D eigenvalue weighted by molar-refractivity contribution is -0.154. The monoisotopic (exact) mass is 802 g/mol. The zero-order valence-electron chi connectivity index (χ0n) is 35.3. The number of unbranched alkanes of at least 4 members (excludes halogenated alkanes) is 25. The van der Waals surface area contributed by atoms with E-state index in [0.717, 1.165) is 51.4 Å². The van der Waals surface area contributed by atoms with Crippen LogP contribution < -0.4 is 5.73 Å². The largest absolute Gasteiger partial charge is 0.480 e. The average Bonchev–Trinajstić information content (AvgIpc) is 3.16. The van der Waals surface area contributed by atoms with Crippen LogP contribution in [0.2, 0.25) is 0 Å². The van der Waals surface area contributed by atoms with Gasteiger partial charge in [-0.1, -0.05) is 179 Å². The highest BCUT2D eigenvalue weighted by Crippen LogP contribution is 2.43. The number of carbonyl (C=O) groups is 2. The summed E-state index contributed by atoms with van der Waals surface area (Å²) in [4.78, 5) is 33.5. The molecule has 0 aliphatic rings. The molecule has 0 aromatic heterocycles. The van der Waals surface area contributed by atoms with Crippen LogP contribution in [0.4, 0.5) is 0 Å². The van der Waals surface area contributed by atoms with Gasteiger partial charge in [0.1, 0.15) is 12.1 Å². The molecule has 0 aliphatic carbocycles. The van der Waals surface area contributed by atoms with Gasteiger partial charge in [-0.25, -0.2) is 4.57 Å². The summed E-state index contributed by atoms with van der Waals surface area (Å²) in [6, 6.07) is -1.47. The molecule has 0 aliphatic heterocycles. The van der Waals surface area contributed by atoms with Crippen molar-refractivity contribution in [2.75, 3.05) is 26.4 Å². The van der Waals surface area contributed by atoms with Crippen molar-refractivity contribution in [1.29, 1.82) is 0 Å². The molecule has 11 heteroatoms. The van der Waals surface area contributed by atoms with E-state index < -0.39 is 45.1 Å². The number of allylic oxidation sites excluding steroid dienone is 4. The van der Waals surface area contributed by atoms with Gasteiger partial charge in [-0.3, -0.25) is 18.6 Å². The third-order valence-electron chi connectivity index (χ3n) is 9.73. The second-order valence-electron chi connectivity index (χ2n) is 15.2. The number of phosphoric acid groups is 1. The number of hydrogen-bond acceptors (Lipinski definition) is 8. The molecule has 10 nitrogen and oxygen atoms in total. The van der Waals surface area contributed by atoms with E-state index in [0.29, 0.717) is 13.0 Å². The average molecular weight is 802 g/mol. The topological polar surface area (TPSA) is 155 Å². The van der Waals surface area contributed by atoms with Gasteiger partial charge in [0, 0.05) is 13.0 Å². The zero-order valence-corrected chi connectivity index (χ0v) is 36.2. The highest BCUT2D eigenvalue weighted by atomic mass is 31.2. The van der Waals surface area contributed by atoms with Gasteiger partial charge in [0.15, 0.2) is 0 Å². The number of aliphatic carboxylic acids is 1. The van der Waals surface area contributed by atoms with Crippen molar-refractivity contribution < 1.29 is 42.7 Å². The maximum Gasteiger partial charge on any atom is 0.472 e. The summed E-state index contributed by atoms with van der Waals surface area (Å²) >= 11 is 0. The van der Waals surface area contributed by atoms with Crippen molar-refractivity contribution in [3.8, 4) is 0 Å². The van der Waals surface area contributed by atoms with Gasteiger partial charge in [0.2, 0.25) is 0 Å². The standard InChI is InChI=1S/C44H84NO9P/c1-3-5-7-9-11-13-15-17-18-19-20-21-22-23-24-25-26-28-30-32-34-36-43(46)54-41(39-52-55(49,50)53-40-42(45)44(47)48)38-51-37-35-33-31-29-27-16-14-12-10-8-6-4-2/h15,17,19-20,41-42H,3-14,16,18,21-40,45H2,1-2H3,(H,47,48)(H,49,50)/b17-15-,20-19-. The maximum absolute atomic E-state index is 12.6. The number of ether oxygens (including phenoxy) is 2. The van der Waals surface area contributed by atoms with Gasteiger partial charge in [0.25, 0.3) is 0 Å². The molecular weight excluding hydrogens is 717 g/mol. The minimum absolute atomic E-state index is 0.0192. The molecule has 3 unspecified atom stereocenters. The first-order valence-corrected chi connectivity index (χ1v) is 23.9. The summed E-state index contributed by atoms with van der Waals surface area (Å²) in [7, 11) is -4.61. The normalized spacial score (nSPS) is 14.1. The van der Waals surface area contributed by atoms with Crippen molar-refractivity contribution in [1.82, 2.24) is 0 Å². The fourth-order valence-corrected chi connectivity index (χ4v) is 7.00. The minimum atomic E-state index is -4.61. The summed E-state index contributed by atoms with van der Waals surface area (Å²) in [6.07, 6.45) is 43.7. The molecular formula is C44H84NO9P. The van der Waals surface area contributed by atoms with Crippen LogP contribution in [0, 0.1) is 0 Å². The van der Waals surface area contributed by atoms with Crippen molar-refractivity contribution in [2.45, 2.75) is 219 Å². The second-order valence-corrected chi connectivity index (χ2v) is 16.6. The van der Waals surface area contributed by atoms with Crippen LogP contribution >= 0.6 is 7.82 Å². The van der Waals surface area contributed by atoms with E-state index in [-0.39, 0.29) is 13.0 Å². The third kappa shape index (κ3) is 40.4. The number of carbonyl (C=O) groups excluding carboxylic acids is 1. The number of phosphoric ester groups is 1. The number of carboxylic acid groups (broad SMARTS) is 1. The molecule has 0 bridgehead atoms. The molecule has 0 amide bonds. The van der Waals surface area contributed by atoms with E-state index in [1.54, 1.807) is 0 Å². The van der Waals surface area contributed by atoms with Crippen LogP contribution in [-0.2, 0) is 32.7 Å². The lowest BCUT2D eigenvalue weighted by Gasteiger charge is -2.20. The predicted octanol–water partition coefficient (Wildman–Crippen LogP) is 12.3. The van der Waals surface area contributed by atoms with Gasteiger partial charge in [-0.05, 0) is 44.9 Å². The van der Waals surface area contributed by atoms with Crippen LogP contribution in [0.15, 0.2) is 24.3 Å². The SMILES string of the molecule is CCCCCCC/C=C\C/C=C\CCCCCCCCCCCC(=O)OC(COCCCCCCCCCCCCCC)COP(=O)(O)OCC(N)C(=O)O. The molecule has 0 aromatic rings. The van der Waals surface area contributed by atoms with Gasteiger partial charge in [-0.15, -0.1) is 0 Å². The van der Waals surface area contributed by atoms with E-state index in [1.807, 2.05) is 0 Å². The molecule has 0 fully saturated rings. The fourth-order valence-electron chi connectivity index (χ4n) is 6.22. The molecule has 0 spiro atoms. The van der Waals surface area contributed by atoms with Gasteiger partial charge >= 0.3 is 19.8 Å². The number of carboxylic acids is 1. The first-order chi connectivity index (χ1) is 26.7. The molecule has 55 heavy (non-hydrogen) atoms. The van der Waals surface area contributed by atoms with Crippen LogP contribution in [0.1, 0.15) is 206 Å². The molecule has 0 radical (unpaired) electrons. The van der Waals surface area contributed by atoms with Gasteiger partial charge < -0.3 is 25.2 Å². The molecule has 3 atom stereocenters. The highest BCUT2D eigenvalue weighted by molar-refractivity contribution is 7.47. The Morgan fingerprint density at radius 1 is 0.582 bits per heavy atom.